The van der Waals surface area contributed by atoms with Gasteiger partial charge in [0.1, 0.15) is 0 Å². The summed E-state index contributed by atoms with van der Waals surface area (Å²) in [5.41, 5.74) is 0. The zero-order chi connectivity index (χ0) is 22.1. The van der Waals surface area contributed by atoms with Crippen molar-refractivity contribution in [3.63, 3.8) is 0 Å². The molecule has 0 aliphatic heterocycles. The minimum absolute atomic E-state index is 0.00452. The summed E-state index contributed by atoms with van der Waals surface area (Å²) in [5.74, 6) is -13.0. The third-order valence-corrected chi connectivity index (χ3v) is 3.92. The Morgan fingerprint density at radius 2 is 1.11 bits per heavy atom. The first-order valence-electron chi connectivity index (χ1n) is 8.72. The number of esters is 1. The number of unbranched alkanes of at least 4 members (excludes halogenated alkanes) is 7. The zero-order valence-electron chi connectivity index (χ0n) is 15.1. The Bertz CT molecular complexity index is 488. The molecule has 0 bridgehead atoms. The Hall–Kier alpha value is -1.42. The van der Waals surface area contributed by atoms with Crippen molar-refractivity contribution in [1.82, 2.24) is 0 Å². The molecule has 0 radical (unpaired) electrons. The first-order valence-corrected chi connectivity index (χ1v) is 8.72. The maximum Gasteiger partial charge on any atom is 0.473 e. The standard InChI is InChI=1S/C17H23F9O2/c1-2-13(27)28-17(25,26)16(23,24)14(18,19)11-9-7-5-3-4-6-8-10-12-15(20,21)22/h2H,1,3-12H2. The van der Waals surface area contributed by atoms with E-state index in [-0.39, 0.29) is 18.9 Å². The topological polar surface area (TPSA) is 26.3 Å². The van der Waals surface area contributed by atoms with Crippen molar-refractivity contribution in [2.45, 2.75) is 88.3 Å². The molecule has 0 aromatic heterocycles. The van der Waals surface area contributed by atoms with Crippen LogP contribution in [-0.4, -0.2) is 30.1 Å². The highest BCUT2D eigenvalue weighted by atomic mass is 19.4. The lowest BCUT2D eigenvalue weighted by molar-refractivity contribution is -0.384. The summed E-state index contributed by atoms with van der Waals surface area (Å²) >= 11 is 0. The van der Waals surface area contributed by atoms with Crippen LogP contribution in [-0.2, 0) is 9.53 Å². The molecule has 2 nitrogen and oxygen atoms in total. The molecule has 0 heterocycles. The van der Waals surface area contributed by atoms with Gasteiger partial charge in [0.05, 0.1) is 0 Å². The molecule has 0 spiro atoms. The Kier molecular flexibility index (Phi) is 10.4. The van der Waals surface area contributed by atoms with E-state index < -0.39 is 49.4 Å². The van der Waals surface area contributed by atoms with Crippen molar-refractivity contribution in [2.24, 2.45) is 0 Å². The van der Waals surface area contributed by atoms with Crippen molar-refractivity contribution in [3.8, 4) is 0 Å². The van der Waals surface area contributed by atoms with Gasteiger partial charge in [-0.1, -0.05) is 45.1 Å². The summed E-state index contributed by atoms with van der Waals surface area (Å²) in [6, 6.07) is 0. The molecule has 0 atom stereocenters. The molecule has 11 heteroatoms. The molecule has 0 unspecified atom stereocenters. The zero-order valence-corrected chi connectivity index (χ0v) is 15.1. The highest BCUT2D eigenvalue weighted by molar-refractivity contribution is 5.81. The minimum atomic E-state index is -5.89. The van der Waals surface area contributed by atoms with Crippen LogP contribution in [0.1, 0.15) is 64.2 Å². The van der Waals surface area contributed by atoms with E-state index in [0.29, 0.717) is 32.1 Å². The minimum Gasteiger partial charge on any atom is -0.393 e. The molecule has 0 amide bonds. The van der Waals surface area contributed by atoms with Gasteiger partial charge in [0.15, 0.2) is 0 Å². The highest BCUT2D eigenvalue weighted by Gasteiger charge is 2.73. The van der Waals surface area contributed by atoms with Gasteiger partial charge in [-0.25, -0.2) is 4.79 Å². The van der Waals surface area contributed by atoms with Crippen LogP contribution in [0.15, 0.2) is 12.7 Å². The third-order valence-electron chi connectivity index (χ3n) is 3.92. The normalized spacial score (nSPS) is 13.5. The average Bonchev–Trinajstić information content (AvgIpc) is 2.54. The summed E-state index contributed by atoms with van der Waals surface area (Å²) in [4.78, 5) is 10.6. The van der Waals surface area contributed by atoms with Crippen molar-refractivity contribution < 1.29 is 49.0 Å². The Morgan fingerprint density at radius 1 is 0.714 bits per heavy atom. The second kappa shape index (κ2) is 10.9. The van der Waals surface area contributed by atoms with E-state index in [4.69, 9.17) is 0 Å². The predicted molar refractivity (Wildman–Crippen MR) is 83.4 cm³/mol. The van der Waals surface area contributed by atoms with Crippen LogP contribution in [0.4, 0.5) is 39.5 Å². The van der Waals surface area contributed by atoms with Gasteiger partial charge in [0, 0.05) is 18.9 Å². The number of hydrogen-bond donors (Lipinski definition) is 0. The number of carbonyl (C=O) groups excluding carboxylic acids is 1. The number of alkyl halides is 9. The van der Waals surface area contributed by atoms with Crippen LogP contribution in [0, 0.1) is 0 Å². The first-order chi connectivity index (χ1) is 12.7. The second-order valence-electron chi connectivity index (χ2n) is 6.36. The van der Waals surface area contributed by atoms with Crippen LogP contribution in [0.3, 0.4) is 0 Å². The molecule has 0 rings (SSSR count). The monoisotopic (exact) mass is 430 g/mol. The maximum absolute atomic E-state index is 13.5. The fourth-order valence-electron chi connectivity index (χ4n) is 2.34. The predicted octanol–water partition coefficient (Wildman–Crippen LogP) is 7.04. The van der Waals surface area contributed by atoms with Crippen LogP contribution < -0.4 is 0 Å². The maximum atomic E-state index is 13.5. The number of ether oxygens (including phenoxy) is 1. The van der Waals surface area contributed by atoms with E-state index >= 15 is 0 Å². The summed E-state index contributed by atoms with van der Waals surface area (Å²) in [6.07, 6.45) is -10.3. The van der Waals surface area contributed by atoms with Gasteiger partial charge >= 0.3 is 30.1 Å². The summed E-state index contributed by atoms with van der Waals surface area (Å²) in [5, 5.41) is 0. The first kappa shape index (κ1) is 26.6. The molecule has 0 N–H and O–H groups in total. The van der Waals surface area contributed by atoms with Gasteiger partial charge in [-0.15, -0.1) is 0 Å². The number of hydrogen-bond acceptors (Lipinski definition) is 2. The summed E-state index contributed by atoms with van der Waals surface area (Å²) in [6.45, 7) is 2.71. The van der Waals surface area contributed by atoms with Crippen molar-refractivity contribution in [2.75, 3.05) is 0 Å². The Balaban J connectivity index is 4.15. The van der Waals surface area contributed by atoms with Gasteiger partial charge in [-0.3, -0.25) is 0 Å². The molecule has 0 saturated carbocycles. The van der Waals surface area contributed by atoms with E-state index in [0.717, 1.165) is 0 Å². The van der Waals surface area contributed by atoms with Crippen LogP contribution >= 0.6 is 0 Å². The van der Waals surface area contributed by atoms with Gasteiger partial charge in [0.25, 0.3) is 0 Å². The van der Waals surface area contributed by atoms with Gasteiger partial charge < -0.3 is 4.74 Å². The summed E-state index contributed by atoms with van der Waals surface area (Å²) in [7, 11) is 0. The quantitative estimate of drug-likeness (QED) is 0.128. The largest absolute Gasteiger partial charge is 0.473 e. The molecule has 0 aliphatic carbocycles. The molecule has 28 heavy (non-hydrogen) atoms. The fraction of sp³-hybridized carbons (Fsp3) is 0.824. The number of rotatable bonds is 14. The van der Waals surface area contributed by atoms with E-state index in [1.54, 1.807) is 0 Å². The average molecular weight is 430 g/mol. The summed E-state index contributed by atoms with van der Waals surface area (Å²) < 4.78 is 119. The van der Waals surface area contributed by atoms with Crippen molar-refractivity contribution in [1.29, 1.82) is 0 Å². The van der Waals surface area contributed by atoms with Crippen LogP contribution in [0.5, 0.6) is 0 Å². The van der Waals surface area contributed by atoms with Crippen molar-refractivity contribution >= 4 is 5.97 Å². The van der Waals surface area contributed by atoms with Gasteiger partial charge in [-0.2, -0.15) is 39.5 Å². The lowest BCUT2D eigenvalue weighted by atomic mass is 10.0. The highest BCUT2D eigenvalue weighted by Crippen LogP contribution is 2.48. The fourth-order valence-corrected chi connectivity index (χ4v) is 2.34. The van der Waals surface area contributed by atoms with E-state index in [2.05, 4.69) is 11.3 Å². The molecule has 0 fully saturated rings. The molecule has 166 valence electrons. The number of halogens is 9. The van der Waals surface area contributed by atoms with Crippen LogP contribution in [0.2, 0.25) is 0 Å². The Labute approximate surface area is 157 Å². The third kappa shape index (κ3) is 9.18. The van der Waals surface area contributed by atoms with E-state index in [9.17, 15) is 44.3 Å². The van der Waals surface area contributed by atoms with E-state index in [1.807, 2.05) is 0 Å². The molecule has 0 aromatic rings. The molecule has 0 saturated heterocycles. The van der Waals surface area contributed by atoms with Crippen LogP contribution in [0.25, 0.3) is 0 Å². The molecular formula is C17H23F9O2. The molecule has 0 aliphatic rings. The lowest BCUT2D eigenvalue weighted by Gasteiger charge is -2.31. The van der Waals surface area contributed by atoms with E-state index in [1.165, 1.54) is 0 Å². The molecular weight excluding hydrogens is 407 g/mol. The van der Waals surface area contributed by atoms with Crippen molar-refractivity contribution in [3.05, 3.63) is 12.7 Å². The Morgan fingerprint density at radius 3 is 1.50 bits per heavy atom. The van der Waals surface area contributed by atoms with Gasteiger partial charge in [0.2, 0.25) is 0 Å². The molecule has 0 aromatic carbocycles. The lowest BCUT2D eigenvalue weighted by Crippen LogP contribution is -2.55. The number of carbonyl (C=O) groups is 1. The smallest absolute Gasteiger partial charge is 0.393 e. The van der Waals surface area contributed by atoms with Gasteiger partial charge in [-0.05, 0) is 12.8 Å². The SMILES string of the molecule is C=CC(=O)OC(F)(F)C(F)(F)C(F)(F)CCCCCCCCCCC(F)(F)F. The second-order valence-corrected chi connectivity index (χ2v) is 6.36.